The van der Waals surface area contributed by atoms with Crippen molar-refractivity contribution in [2.75, 3.05) is 6.54 Å². The Kier molecular flexibility index (Phi) is 5.42. The number of pyridine rings is 1. The van der Waals surface area contributed by atoms with Crippen LogP contribution in [0.4, 0.5) is 0 Å². The molecule has 1 N–H and O–H groups in total. The van der Waals surface area contributed by atoms with Gasteiger partial charge in [-0.3, -0.25) is 4.98 Å². The lowest BCUT2D eigenvalue weighted by Gasteiger charge is -2.22. The van der Waals surface area contributed by atoms with E-state index in [1.807, 2.05) is 6.20 Å². The first-order valence-electron chi connectivity index (χ1n) is 5.91. The number of aryl methyl sites for hydroxylation is 1. The zero-order valence-corrected chi connectivity index (χ0v) is 12.1. The van der Waals surface area contributed by atoms with Gasteiger partial charge in [0.1, 0.15) is 0 Å². The summed E-state index contributed by atoms with van der Waals surface area (Å²) in [6.45, 7) is 9.84. The molecule has 2 atom stereocenters. The minimum Gasteiger partial charge on any atom is -0.314 e. The van der Waals surface area contributed by atoms with Crippen molar-refractivity contribution < 1.29 is 0 Å². The molecule has 0 fully saturated rings. The third-order valence-electron chi connectivity index (χ3n) is 2.98. The smallest absolute Gasteiger partial charge is 0.0477 e. The lowest BCUT2D eigenvalue weighted by atomic mass is 9.96. The molecule has 0 bridgehead atoms. The zero-order chi connectivity index (χ0) is 12.1. The van der Waals surface area contributed by atoms with Gasteiger partial charge in [-0.2, -0.15) is 0 Å². The number of rotatable bonds is 5. The molecule has 0 aliphatic rings. The van der Waals surface area contributed by atoms with Gasteiger partial charge in [0.05, 0.1) is 0 Å². The molecule has 0 amide bonds. The van der Waals surface area contributed by atoms with E-state index >= 15 is 0 Å². The third kappa shape index (κ3) is 3.56. The molecule has 2 nitrogen and oxygen atoms in total. The molecule has 3 heteroatoms. The first kappa shape index (κ1) is 13.7. The van der Waals surface area contributed by atoms with E-state index in [2.05, 4.69) is 60.0 Å². The SMILES string of the molecule is CCCNC(C)C(C)c1ncc(Br)cc1C. The first-order chi connectivity index (χ1) is 7.56. The molecule has 90 valence electrons. The molecular weight excluding hydrogens is 264 g/mol. The summed E-state index contributed by atoms with van der Waals surface area (Å²) in [6.07, 6.45) is 3.05. The number of halogens is 1. The largest absolute Gasteiger partial charge is 0.314 e. The summed E-state index contributed by atoms with van der Waals surface area (Å²) >= 11 is 3.45. The maximum Gasteiger partial charge on any atom is 0.0477 e. The van der Waals surface area contributed by atoms with Gasteiger partial charge in [-0.25, -0.2) is 0 Å². The second kappa shape index (κ2) is 6.36. The number of hydrogen-bond acceptors (Lipinski definition) is 2. The summed E-state index contributed by atoms with van der Waals surface area (Å²) in [4.78, 5) is 4.52. The van der Waals surface area contributed by atoms with Gasteiger partial charge in [0.15, 0.2) is 0 Å². The van der Waals surface area contributed by atoms with E-state index < -0.39 is 0 Å². The standard InChI is InChI=1S/C13H21BrN2/c1-5-6-15-11(4)10(3)13-9(2)7-12(14)8-16-13/h7-8,10-11,15H,5-6H2,1-4H3. The molecule has 0 spiro atoms. The quantitative estimate of drug-likeness (QED) is 0.893. The first-order valence-corrected chi connectivity index (χ1v) is 6.71. The molecule has 0 aliphatic heterocycles. The molecule has 0 aromatic carbocycles. The highest BCUT2D eigenvalue weighted by Gasteiger charge is 2.16. The Labute approximate surface area is 107 Å². The summed E-state index contributed by atoms with van der Waals surface area (Å²) in [5, 5.41) is 3.52. The summed E-state index contributed by atoms with van der Waals surface area (Å²) < 4.78 is 1.05. The van der Waals surface area contributed by atoms with Gasteiger partial charge >= 0.3 is 0 Å². The summed E-state index contributed by atoms with van der Waals surface area (Å²) in [6, 6.07) is 2.60. The fourth-order valence-corrected chi connectivity index (χ4v) is 2.26. The van der Waals surface area contributed by atoms with Crippen LogP contribution in [0.25, 0.3) is 0 Å². The molecule has 0 saturated carbocycles. The van der Waals surface area contributed by atoms with E-state index in [0.29, 0.717) is 12.0 Å². The Hall–Kier alpha value is -0.410. The Morgan fingerprint density at radius 1 is 1.44 bits per heavy atom. The topological polar surface area (TPSA) is 24.9 Å². The highest BCUT2D eigenvalue weighted by atomic mass is 79.9. The Morgan fingerprint density at radius 2 is 2.12 bits per heavy atom. The monoisotopic (exact) mass is 284 g/mol. The van der Waals surface area contributed by atoms with Crippen LogP contribution in [0.2, 0.25) is 0 Å². The van der Waals surface area contributed by atoms with Crippen molar-refractivity contribution in [3.8, 4) is 0 Å². The molecule has 1 heterocycles. The minimum atomic E-state index is 0.444. The molecule has 0 aliphatic carbocycles. The Balaban J connectivity index is 2.75. The maximum absolute atomic E-state index is 4.52. The lowest BCUT2D eigenvalue weighted by molar-refractivity contribution is 0.473. The fraction of sp³-hybridized carbons (Fsp3) is 0.615. The number of nitrogens with zero attached hydrogens (tertiary/aromatic N) is 1. The predicted octanol–water partition coefficient (Wildman–Crippen LogP) is 3.64. The fourth-order valence-electron chi connectivity index (χ4n) is 1.81. The molecule has 1 rings (SSSR count). The van der Waals surface area contributed by atoms with E-state index in [4.69, 9.17) is 0 Å². The molecule has 2 unspecified atom stereocenters. The van der Waals surface area contributed by atoms with Crippen LogP contribution >= 0.6 is 15.9 Å². The molecular formula is C13H21BrN2. The average molecular weight is 285 g/mol. The van der Waals surface area contributed by atoms with E-state index in [-0.39, 0.29) is 0 Å². The van der Waals surface area contributed by atoms with E-state index in [9.17, 15) is 0 Å². The van der Waals surface area contributed by atoms with Crippen molar-refractivity contribution in [1.29, 1.82) is 0 Å². The number of aromatic nitrogens is 1. The van der Waals surface area contributed by atoms with Gasteiger partial charge < -0.3 is 5.32 Å². The van der Waals surface area contributed by atoms with Crippen molar-refractivity contribution in [3.63, 3.8) is 0 Å². The Morgan fingerprint density at radius 3 is 2.69 bits per heavy atom. The molecule has 1 aromatic rings. The molecule has 1 aromatic heterocycles. The molecule has 0 saturated heterocycles. The number of hydrogen-bond donors (Lipinski definition) is 1. The van der Waals surface area contributed by atoms with Crippen molar-refractivity contribution in [1.82, 2.24) is 10.3 Å². The molecule has 16 heavy (non-hydrogen) atoms. The second-order valence-electron chi connectivity index (χ2n) is 4.39. The van der Waals surface area contributed by atoms with Gasteiger partial charge in [-0.05, 0) is 54.4 Å². The average Bonchev–Trinajstić information content (AvgIpc) is 2.25. The van der Waals surface area contributed by atoms with Gasteiger partial charge in [-0.1, -0.05) is 13.8 Å². The van der Waals surface area contributed by atoms with Crippen LogP contribution < -0.4 is 5.32 Å². The van der Waals surface area contributed by atoms with Gasteiger partial charge in [0, 0.05) is 28.3 Å². The van der Waals surface area contributed by atoms with Gasteiger partial charge in [0.2, 0.25) is 0 Å². The summed E-state index contributed by atoms with van der Waals surface area (Å²) in [5.74, 6) is 0.444. The van der Waals surface area contributed by atoms with Crippen LogP contribution in [-0.2, 0) is 0 Å². The zero-order valence-electron chi connectivity index (χ0n) is 10.5. The van der Waals surface area contributed by atoms with E-state index in [0.717, 1.165) is 11.0 Å². The second-order valence-corrected chi connectivity index (χ2v) is 5.30. The minimum absolute atomic E-state index is 0.444. The van der Waals surface area contributed by atoms with Crippen LogP contribution in [-0.4, -0.2) is 17.6 Å². The van der Waals surface area contributed by atoms with Crippen molar-refractivity contribution in [2.24, 2.45) is 0 Å². The van der Waals surface area contributed by atoms with Crippen LogP contribution in [0, 0.1) is 6.92 Å². The van der Waals surface area contributed by atoms with Crippen LogP contribution in [0.15, 0.2) is 16.7 Å². The van der Waals surface area contributed by atoms with E-state index in [1.165, 1.54) is 17.7 Å². The van der Waals surface area contributed by atoms with Gasteiger partial charge in [0.25, 0.3) is 0 Å². The molecule has 0 radical (unpaired) electrons. The summed E-state index contributed by atoms with van der Waals surface area (Å²) in [5.41, 5.74) is 2.45. The highest BCUT2D eigenvalue weighted by Crippen LogP contribution is 2.22. The number of nitrogens with one attached hydrogen (secondary N) is 1. The van der Waals surface area contributed by atoms with E-state index in [1.54, 1.807) is 0 Å². The van der Waals surface area contributed by atoms with Crippen molar-refractivity contribution in [3.05, 3.63) is 28.0 Å². The van der Waals surface area contributed by atoms with Crippen molar-refractivity contribution in [2.45, 2.75) is 46.1 Å². The normalized spacial score (nSPS) is 14.8. The predicted molar refractivity (Wildman–Crippen MR) is 72.8 cm³/mol. The van der Waals surface area contributed by atoms with Crippen molar-refractivity contribution >= 4 is 15.9 Å². The van der Waals surface area contributed by atoms with Crippen LogP contribution in [0.1, 0.15) is 44.4 Å². The van der Waals surface area contributed by atoms with Crippen LogP contribution in [0.5, 0.6) is 0 Å². The lowest BCUT2D eigenvalue weighted by Crippen LogP contribution is -2.32. The van der Waals surface area contributed by atoms with Gasteiger partial charge in [-0.15, -0.1) is 0 Å². The Bertz CT molecular complexity index is 339. The maximum atomic E-state index is 4.52. The van der Waals surface area contributed by atoms with Crippen LogP contribution in [0.3, 0.4) is 0 Å². The highest BCUT2D eigenvalue weighted by molar-refractivity contribution is 9.10. The third-order valence-corrected chi connectivity index (χ3v) is 3.42. The summed E-state index contributed by atoms with van der Waals surface area (Å²) in [7, 11) is 0.